The van der Waals surface area contributed by atoms with Gasteiger partial charge in [0, 0.05) is 17.9 Å². The summed E-state index contributed by atoms with van der Waals surface area (Å²) in [6.07, 6.45) is 1.82. The van der Waals surface area contributed by atoms with E-state index in [2.05, 4.69) is 30.6 Å². The number of thioether (sulfide) groups is 1. The van der Waals surface area contributed by atoms with Crippen molar-refractivity contribution in [2.45, 2.75) is 31.3 Å². The average molecular weight is 398 g/mol. The second-order valence-corrected chi connectivity index (χ2v) is 7.80. The van der Waals surface area contributed by atoms with Gasteiger partial charge in [-0.1, -0.05) is 43.8 Å². The van der Waals surface area contributed by atoms with Gasteiger partial charge in [-0.3, -0.25) is 4.57 Å². The molecule has 0 radical (unpaired) electrons. The van der Waals surface area contributed by atoms with Crippen molar-refractivity contribution in [3.8, 4) is 17.1 Å². The third-order valence-electron chi connectivity index (χ3n) is 3.98. The molecule has 28 heavy (non-hydrogen) atoms. The highest BCUT2D eigenvalue weighted by Crippen LogP contribution is 2.28. The van der Waals surface area contributed by atoms with Crippen LogP contribution in [-0.4, -0.2) is 21.4 Å². The van der Waals surface area contributed by atoms with Crippen LogP contribution in [0.1, 0.15) is 19.4 Å². The molecule has 4 nitrogen and oxygen atoms in total. The van der Waals surface area contributed by atoms with Crippen LogP contribution in [0.2, 0.25) is 0 Å². The Balaban J connectivity index is 1.77. The van der Waals surface area contributed by atoms with E-state index in [4.69, 9.17) is 4.74 Å². The highest BCUT2D eigenvalue weighted by atomic mass is 32.2. The van der Waals surface area contributed by atoms with Crippen molar-refractivity contribution in [2.24, 2.45) is 5.92 Å². The number of benzene rings is 2. The molecule has 0 amide bonds. The van der Waals surface area contributed by atoms with Crippen molar-refractivity contribution < 1.29 is 9.13 Å². The Hall–Kier alpha value is -2.60. The van der Waals surface area contributed by atoms with Crippen LogP contribution >= 0.6 is 11.8 Å². The molecule has 0 aliphatic heterocycles. The van der Waals surface area contributed by atoms with Crippen LogP contribution < -0.4 is 4.74 Å². The van der Waals surface area contributed by atoms with E-state index in [0.29, 0.717) is 24.8 Å². The molecule has 0 atom stereocenters. The van der Waals surface area contributed by atoms with Gasteiger partial charge in [0.05, 0.1) is 6.61 Å². The number of ether oxygens (including phenoxy) is 1. The van der Waals surface area contributed by atoms with Crippen LogP contribution in [-0.2, 0) is 12.3 Å². The molecule has 0 aliphatic carbocycles. The van der Waals surface area contributed by atoms with Gasteiger partial charge in [-0.2, -0.15) is 0 Å². The second-order valence-electron chi connectivity index (χ2n) is 6.85. The van der Waals surface area contributed by atoms with Gasteiger partial charge in [0.2, 0.25) is 0 Å². The Morgan fingerprint density at radius 3 is 2.64 bits per heavy atom. The molecule has 1 heterocycles. The minimum atomic E-state index is -0.230. The Kier molecular flexibility index (Phi) is 6.87. The smallest absolute Gasteiger partial charge is 0.192 e. The molecule has 1 aromatic heterocycles. The molecular formula is C22H24FN3OS. The summed E-state index contributed by atoms with van der Waals surface area (Å²) in [7, 11) is 0. The summed E-state index contributed by atoms with van der Waals surface area (Å²) in [5, 5.41) is 9.48. The zero-order valence-corrected chi connectivity index (χ0v) is 17.0. The van der Waals surface area contributed by atoms with Gasteiger partial charge in [0.15, 0.2) is 11.0 Å². The van der Waals surface area contributed by atoms with E-state index in [-0.39, 0.29) is 5.82 Å². The zero-order chi connectivity index (χ0) is 19.9. The molecule has 0 aliphatic rings. The molecule has 0 saturated carbocycles. The molecule has 0 spiro atoms. The Morgan fingerprint density at radius 2 is 1.96 bits per heavy atom. The van der Waals surface area contributed by atoms with Crippen LogP contribution in [0.3, 0.4) is 0 Å². The van der Waals surface area contributed by atoms with Crippen molar-refractivity contribution in [3.63, 3.8) is 0 Å². The summed E-state index contributed by atoms with van der Waals surface area (Å²) in [5.41, 5.74) is 1.87. The molecular weight excluding hydrogens is 373 g/mol. The molecule has 2 aromatic carbocycles. The first-order chi connectivity index (χ1) is 13.6. The third-order valence-corrected chi connectivity index (χ3v) is 5.02. The van der Waals surface area contributed by atoms with Gasteiger partial charge in [-0.15, -0.1) is 16.8 Å². The lowest BCUT2D eigenvalue weighted by atomic mass is 10.2. The quantitative estimate of drug-likeness (QED) is 0.348. The summed E-state index contributed by atoms with van der Waals surface area (Å²) in [5.74, 6) is 2.49. The summed E-state index contributed by atoms with van der Waals surface area (Å²) in [4.78, 5) is 0. The van der Waals surface area contributed by atoms with Crippen LogP contribution in [0.5, 0.6) is 5.75 Å². The Labute approximate surface area is 169 Å². The normalized spacial score (nSPS) is 11.0. The molecule has 0 fully saturated rings. The lowest BCUT2D eigenvalue weighted by Gasteiger charge is -2.10. The van der Waals surface area contributed by atoms with E-state index < -0.39 is 0 Å². The number of rotatable bonds is 9. The molecule has 0 bridgehead atoms. The fraction of sp³-hybridized carbons (Fsp3) is 0.273. The standard InChI is InChI=1S/C22H24FN3OS/c1-4-12-26-21(18-8-10-20(11-9-18)27-14-16(2)3)24-25-22(26)28-15-17-6-5-7-19(23)13-17/h4-11,13,16H,1,12,14-15H2,2-3H3. The second kappa shape index (κ2) is 9.55. The van der Waals surface area contributed by atoms with Gasteiger partial charge in [-0.05, 0) is 47.9 Å². The van der Waals surface area contributed by atoms with Crippen molar-refractivity contribution in [2.75, 3.05) is 6.61 Å². The van der Waals surface area contributed by atoms with Gasteiger partial charge in [-0.25, -0.2) is 4.39 Å². The van der Waals surface area contributed by atoms with E-state index in [1.807, 2.05) is 41.0 Å². The minimum absolute atomic E-state index is 0.230. The number of hydrogen-bond acceptors (Lipinski definition) is 4. The van der Waals surface area contributed by atoms with Crippen molar-refractivity contribution >= 4 is 11.8 Å². The van der Waals surface area contributed by atoms with Gasteiger partial charge >= 0.3 is 0 Å². The average Bonchev–Trinajstić information content (AvgIpc) is 3.08. The fourth-order valence-corrected chi connectivity index (χ4v) is 3.53. The summed E-state index contributed by atoms with van der Waals surface area (Å²) < 4.78 is 21.1. The fourth-order valence-electron chi connectivity index (χ4n) is 2.64. The van der Waals surface area contributed by atoms with Gasteiger partial charge < -0.3 is 4.74 Å². The Bertz CT molecular complexity index is 922. The van der Waals surface area contributed by atoms with E-state index in [1.165, 1.54) is 23.9 Å². The first-order valence-electron chi connectivity index (χ1n) is 9.21. The number of allylic oxidation sites excluding steroid dienone is 1. The first-order valence-corrected chi connectivity index (χ1v) is 10.2. The number of nitrogens with zero attached hydrogens (tertiary/aromatic N) is 3. The van der Waals surface area contributed by atoms with E-state index in [0.717, 1.165) is 27.9 Å². The van der Waals surface area contributed by atoms with Crippen LogP contribution in [0.15, 0.2) is 66.3 Å². The SMILES string of the molecule is C=CCn1c(SCc2cccc(F)c2)nnc1-c1ccc(OCC(C)C)cc1. The summed E-state index contributed by atoms with van der Waals surface area (Å²) in [6.45, 7) is 9.37. The number of aromatic nitrogens is 3. The molecule has 146 valence electrons. The van der Waals surface area contributed by atoms with Crippen LogP contribution in [0.4, 0.5) is 4.39 Å². The van der Waals surface area contributed by atoms with Crippen molar-refractivity contribution in [1.29, 1.82) is 0 Å². The van der Waals surface area contributed by atoms with Crippen molar-refractivity contribution in [1.82, 2.24) is 14.8 Å². The minimum Gasteiger partial charge on any atom is -0.493 e. The van der Waals surface area contributed by atoms with E-state index in [9.17, 15) is 4.39 Å². The highest BCUT2D eigenvalue weighted by molar-refractivity contribution is 7.98. The Morgan fingerprint density at radius 1 is 1.18 bits per heavy atom. The number of halogens is 1. The summed E-state index contributed by atoms with van der Waals surface area (Å²) >= 11 is 1.53. The molecule has 6 heteroatoms. The first kappa shape index (κ1) is 20.1. The lowest BCUT2D eigenvalue weighted by molar-refractivity contribution is 0.271. The molecule has 0 N–H and O–H groups in total. The molecule has 0 saturated heterocycles. The topological polar surface area (TPSA) is 39.9 Å². The number of hydrogen-bond donors (Lipinski definition) is 0. The predicted octanol–water partition coefficient (Wildman–Crippen LogP) is 5.60. The maximum Gasteiger partial charge on any atom is 0.192 e. The molecule has 0 unspecified atom stereocenters. The van der Waals surface area contributed by atoms with Crippen LogP contribution in [0, 0.1) is 11.7 Å². The maximum absolute atomic E-state index is 13.4. The summed E-state index contributed by atoms with van der Waals surface area (Å²) in [6, 6.07) is 14.5. The third kappa shape index (κ3) is 5.23. The van der Waals surface area contributed by atoms with Crippen LogP contribution in [0.25, 0.3) is 11.4 Å². The van der Waals surface area contributed by atoms with Crippen molar-refractivity contribution in [3.05, 3.63) is 72.6 Å². The zero-order valence-electron chi connectivity index (χ0n) is 16.1. The van der Waals surface area contributed by atoms with E-state index in [1.54, 1.807) is 6.07 Å². The monoisotopic (exact) mass is 397 g/mol. The highest BCUT2D eigenvalue weighted by Gasteiger charge is 2.14. The molecule has 3 aromatic rings. The molecule has 3 rings (SSSR count). The lowest BCUT2D eigenvalue weighted by Crippen LogP contribution is -2.04. The van der Waals surface area contributed by atoms with Gasteiger partial charge in [0.25, 0.3) is 0 Å². The predicted molar refractivity (Wildman–Crippen MR) is 112 cm³/mol. The maximum atomic E-state index is 13.4. The van der Waals surface area contributed by atoms with E-state index >= 15 is 0 Å². The van der Waals surface area contributed by atoms with Gasteiger partial charge in [0.1, 0.15) is 11.6 Å². The largest absolute Gasteiger partial charge is 0.493 e.